The molecule has 3 rings (SSSR count). The van der Waals surface area contributed by atoms with Crippen molar-refractivity contribution in [1.82, 2.24) is 25.4 Å². The minimum Gasteiger partial charge on any atom is -0.381 e. The lowest BCUT2D eigenvalue weighted by Crippen LogP contribution is -2.38. The van der Waals surface area contributed by atoms with Crippen LogP contribution in [0.1, 0.15) is 44.3 Å². The molecule has 2 N–H and O–H groups in total. The predicted octanol–water partition coefficient (Wildman–Crippen LogP) is 1.11. The van der Waals surface area contributed by atoms with Crippen molar-refractivity contribution in [3.63, 3.8) is 0 Å². The number of aryl methyl sites for hydroxylation is 1. The monoisotopic (exact) mass is 364 g/mol. The number of hydrogen-bond acceptors (Lipinski definition) is 5. The van der Waals surface area contributed by atoms with Crippen molar-refractivity contribution in [2.45, 2.75) is 52.1 Å². The van der Waals surface area contributed by atoms with Crippen LogP contribution in [0.2, 0.25) is 0 Å². The molecule has 0 amide bonds. The zero-order valence-electron chi connectivity index (χ0n) is 15.9. The van der Waals surface area contributed by atoms with E-state index in [9.17, 15) is 0 Å². The smallest absolute Gasteiger partial charge is 0.191 e. The first kappa shape index (κ1) is 19.1. The van der Waals surface area contributed by atoms with Gasteiger partial charge >= 0.3 is 0 Å². The van der Waals surface area contributed by atoms with Gasteiger partial charge in [-0.05, 0) is 32.6 Å². The average molecular weight is 364 g/mol. The van der Waals surface area contributed by atoms with Gasteiger partial charge in [0.25, 0.3) is 0 Å². The molecule has 0 spiro atoms. The molecular formula is C18H32N6O2. The predicted molar refractivity (Wildman–Crippen MR) is 100 cm³/mol. The van der Waals surface area contributed by atoms with Gasteiger partial charge in [0.1, 0.15) is 12.4 Å². The third-order valence-corrected chi connectivity index (χ3v) is 4.79. The second kappa shape index (κ2) is 10.5. The van der Waals surface area contributed by atoms with Crippen LogP contribution in [-0.4, -0.2) is 60.2 Å². The summed E-state index contributed by atoms with van der Waals surface area (Å²) in [6.45, 7) is 8.62. The fourth-order valence-corrected chi connectivity index (χ4v) is 3.32. The van der Waals surface area contributed by atoms with Crippen molar-refractivity contribution in [3.05, 3.63) is 11.6 Å². The Kier molecular flexibility index (Phi) is 7.69. The van der Waals surface area contributed by atoms with Crippen molar-refractivity contribution in [3.8, 4) is 0 Å². The van der Waals surface area contributed by atoms with Crippen LogP contribution in [-0.2, 0) is 29.0 Å². The minimum atomic E-state index is 0.556. The minimum absolute atomic E-state index is 0.556. The Hall–Kier alpha value is -1.67. The summed E-state index contributed by atoms with van der Waals surface area (Å²) in [7, 11) is 0. The Bertz CT molecular complexity index is 568. The highest BCUT2D eigenvalue weighted by Gasteiger charge is 2.16. The molecule has 0 saturated carbocycles. The second-order valence-corrected chi connectivity index (χ2v) is 6.92. The van der Waals surface area contributed by atoms with E-state index in [4.69, 9.17) is 9.47 Å². The van der Waals surface area contributed by atoms with Crippen molar-refractivity contribution in [2.24, 2.45) is 10.9 Å². The van der Waals surface area contributed by atoms with E-state index in [1.54, 1.807) is 0 Å². The number of aromatic nitrogens is 3. The summed E-state index contributed by atoms with van der Waals surface area (Å²) in [5.41, 5.74) is 0. The van der Waals surface area contributed by atoms with Gasteiger partial charge in [-0.15, -0.1) is 10.2 Å². The van der Waals surface area contributed by atoms with Gasteiger partial charge in [0, 0.05) is 45.2 Å². The first-order chi connectivity index (χ1) is 12.9. The summed E-state index contributed by atoms with van der Waals surface area (Å²) in [5.74, 6) is 3.46. The number of nitrogens with one attached hydrogen (secondary N) is 2. The number of hydrogen-bond donors (Lipinski definition) is 2. The Morgan fingerprint density at radius 1 is 1.35 bits per heavy atom. The molecule has 0 aliphatic carbocycles. The Morgan fingerprint density at radius 3 is 3.15 bits per heavy atom. The molecular weight excluding hydrogens is 332 g/mol. The van der Waals surface area contributed by atoms with E-state index in [0.717, 1.165) is 82.9 Å². The lowest BCUT2D eigenvalue weighted by molar-refractivity contribution is 0.0888. The number of guanidine groups is 1. The van der Waals surface area contributed by atoms with Crippen LogP contribution >= 0.6 is 0 Å². The summed E-state index contributed by atoms with van der Waals surface area (Å²) in [5, 5.41) is 15.2. The van der Waals surface area contributed by atoms with Crippen LogP contribution < -0.4 is 10.6 Å². The van der Waals surface area contributed by atoms with E-state index in [0.29, 0.717) is 12.5 Å². The largest absolute Gasteiger partial charge is 0.381 e. The molecule has 0 radical (unpaired) electrons. The van der Waals surface area contributed by atoms with Gasteiger partial charge < -0.3 is 24.7 Å². The summed E-state index contributed by atoms with van der Waals surface area (Å²) in [6, 6.07) is 0. The fraction of sp³-hybridized carbons (Fsp3) is 0.833. The summed E-state index contributed by atoms with van der Waals surface area (Å²) in [4.78, 5) is 4.66. The SMILES string of the molecule is CCNC(=NCc1nnc2n1CCCC2)NCCCOCC1CCOC1. The molecule has 1 aromatic heterocycles. The van der Waals surface area contributed by atoms with Gasteiger partial charge in [0.15, 0.2) is 11.8 Å². The van der Waals surface area contributed by atoms with E-state index < -0.39 is 0 Å². The molecule has 8 heteroatoms. The van der Waals surface area contributed by atoms with Crippen LogP contribution in [0.3, 0.4) is 0 Å². The van der Waals surface area contributed by atoms with Gasteiger partial charge in [-0.1, -0.05) is 0 Å². The third kappa shape index (κ3) is 5.67. The number of ether oxygens (including phenoxy) is 2. The van der Waals surface area contributed by atoms with E-state index in [-0.39, 0.29) is 0 Å². The molecule has 1 fully saturated rings. The first-order valence-corrected chi connectivity index (χ1v) is 9.95. The maximum atomic E-state index is 5.74. The number of aliphatic imine (C=N–C) groups is 1. The van der Waals surface area contributed by atoms with E-state index >= 15 is 0 Å². The van der Waals surface area contributed by atoms with Crippen LogP contribution in [0, 0.1) is 5.92 Å². The maximum absolute atomic E-state index is 5.74. The van der Waals surface area contributed by atoms with Crippen molar-refractivity contribution >= 4 is 5.96 Å². The highest BCUT2D eigenvalue weighted by atomic mass is 16.5. The van der Waals surface area contributed by atoms with Crippen LogP contribution in [0.25, 0.3) is 0 Å². The van der Waals surface area contributed by atoms with Crippen molar-refractivity contribution in [2.75, 3.05) is 39.5 Å². The van der Waals surface area contributed by atoms with E-state index in [2.05, 4.69) is 37.3 Å². The summed E-state index contributed by atoms with van der Waals surface area (Å²) < 4.78 is 13.3. The van der Waals surface area contributed by atoms with E-state index in [1.165, 1.54) is 12.8 Å². The highest BCUT2D eigenvalue weighted by Crippen LogP contribution is 2.14. The third-order valence-electron chi connectivity index (χ3n) is 4.79. The van der Waals surface area contributed by atoms with Crippen molar-refractivity contribution in [1.29, 1.82) is 0 Å². The summed E-state index contributed by atoms with van der Waals surface area (Å²) in [6.07, 6.45) is 5.52. The lowest BCUT2D eigenvalue weighted by Gasteiger charge is -2.15. The molecule has 3 heterocycles. The number of rotatable bonds is 9. The van der Waals surface area contributed by atoms with Gasteiger partial charge in [0.05, 0.1) is 13.2 Å². The van der Waals surface area contributed by atoms with Gasteiger partial charge in [-0.2, -0.15) is 0 Å². The summed E-state index contributed by atoms with van der Waals surface area (Å²) >= 11 is 0. The fourth-order valence-electron chi connectivity index (χ4n) is 3.32. The standard InChI is InChI=1S/C18H32N6O2/c1-2-19-18(20-8-5-10-25-13-15-7-11-26-14-15)21-12-17-23-22-16-6-3-4-9-24(16)17/h15H,2-14H2,1H3,(H2,19,20,21). The maximum Gasteiger partial charge on any atom is 0.191 e. The molecule has 26 heavy (non-hydrogen) atoms. The Morgan fingerprint density at radius 2 is 2.31 bits per heavy atom. The molecule has 2 aliphatic heterocycles. The van der Waals surface area contributed by atoms with E-state index in [1.807, 2.05) is 0 Å². The van der Waals surface area contributed by atoms with Crippen molar-refractivity contribution < 1.29 is 9.47 Å². The molecule has 0 aromatic carbocycles. The number of nitrogens with zero attached hydrogens (tertiary/aromatic N) is 4. The van der Waals surface area contributed by atoms with Gasteiger partial charge in [-0.3, -0.25) is 0 Å². The molecule has 0 bridgehead atoms. The quantitative estimate of drug-likeness (QED) is 0.388. The molecule has 146 valence electrons. The molecule has 1 saturated heterocycles. The first-order valence-electron chi connectivity index (χ1n) is 9.95. The van der Waals surface area contributed by atoms with Gasteiger partial charge in [-0.25, -0.2) is 4.99 Å². The van der Waals surface area contributed by atoms with Crippen LogP contribution in [0.4, 0.5) is 0 Å². The molecule has 2 aliphatic rings. The molecule has 1 unspecified atom stereocenters. The zero-order chi connectivity index (χ0) is 18.0. The second-order valence-electron chi connectivity index (χ2n) is 6.92. The molecule has 1 aromatic rings. The highest BCUT2D eigenvalue weighted by molar-refractivity contribution is 5.79. The zero-order valence-corrected chi connectivity index (χ0v) is 15.9. The van der Waals surface area contributed by atoms with Crippen LogP contribution in [0.15, 0.2) is 4.99 Å². The normalized spacial score (nSPS) is 20.2. The molecule has 1 atom stereocenters. The average Bonchev–Trinajstić information content (AvgIpc) is 3.32. The topological polar surface area (TPSA) is 85.6 Å². The Balaban J connectivity index is 1.37. The van der Waals surface area contributed by atoms with Gasteiger partial charge in [0.2, 0.25) is 0 Å². The number of fused-ring (bicyclic) bond motifs is 1. The molecule has 8 nitrogen and oxygen atoms in total. The lowest BCUT2D eigenvalue weighted by atomic mass is 10.1. The Labute approximate surface area is 155 Å². The van der Waals surface area contributed by atoms with Crippen LogP contribution in [0.5, 0.6) is 0 Å².